The third-order valence-corrected chi connectivity index (χ3v) is 3.87. The summed E-state index contributed by atoms with van der Waals surface area (Å²) in [6.45, 7) is 0. The van der Waals surface area contributed by atoms with Crippen LogP contribution in [0.2, 0.25) is 0 Å². The van der Waals surface area contributed by atoms with Crippen molar-refractivity contribution in [2.24, 2.45) is 0 Å². The Morgan fingerprint density at radius 3 is 2.14 bits per heavy atom. The first-order valence-corrected chi connectivity index (χ1v) is 7.45. The average Bonchev–Trinajstić information content (AvgIpc) is 2.47. The second-order valence-electron chi connectivity index (χ2n) is 4.68. The van der Waals surface area contributed by atoms with E-state index >= 15 is 0 Å². The Kier molecular flexibility index (Phi) is 4.95. The third-order valence-electron chi connectivity index (χ3n) is 2.93. The van der Waals surface area contributed by atoms with Crippen LogP contribution in [0.4, 0.5) is 5.69 Å². The topological polar surface area (TPSA) is 49.4 Å². The number of carbonyl (C=O) groups excluding carboxylic acids is 2. The highest BCUT2D eigenvalue weighted by Gasteiger charge is 2.16. The smallest absolute Gasteiger partial charge is 0.256 e. The van der Waals surface area contributed by atoms with Crippen molar-refractivity contribution in [3.63, 3.8) is 0 Å². The van der Waals surface area contributed by atoms with Crippen LogP contribution in [0.1, 0.15) is 20.7 Å². The second kappa shape index (κ2) is 6.71. The maximum absolute atomic E-state index is 12.3. The fourth-order valence-electron chi connectivity index (χ4n) is 1.85. The quantitative estimate of drug-likeness (QED) is 0.813. The first-order chi connectivity index (χ1) is 10.0. The zero-order valence-electron chi connectivity index (χ0n) is 11.8. The second-order valence-corrected chi connectivity index (χ2v) is 5.84. The highest BCUT2D eigenvalue weighted by molar-refractivity contribution is 14.1. The highest BCUT2D eigenvalue weighted by atomic mass is 127. The summed E-state index contributed by atoms with van der Waals surface area (Å²) in [5.74, 6) is -0.368. The molecule has 21 heavy (non-hydrogen) atoms. The minimum absolute atomic E-state index is 0.145. The summed E-state index contributed by atoms with van der Waals surface area (Å²) < 4.78 is 0.865. The van der Waals surface area contributed by atoms with E-state index in [9.17, 15) is 9.59 Å². The predicted octanol–water partition coefficient (Wildman–Crippen LogP) is 3.25. The normalized spacial score (nSPS) is 10.0. The first-order valence-electron chi connectivity index (χ1n) is 6.37. The van der Waals surface area contributed by atoms with E-state index in [-0.39, 0.29) is 11.8 Å². The molecule has 2 amide bonds. The lowest BCUT2D eigenvalue weighted by atomic mass is 10.1. The first kappa shape index (κ1) is 15.5. The van der Waals surface area contributed by atoms with Gasteiger partial charge in [0.05, 0.1) is 16.8 Å². The van der Waals surface area contributed by atoms with Crippen molar-refractivity contribution in [3.8, 4) is 0 Å². The molecule has 0 aliphatic heterocycles. The summed E-state index contributed by atoms with van der Waals surface area (Å²) >= 11 is 2.12. The van der Waals surface area contributed by atoms with Crippen molar-refractivity contribution >= 4 is 40.1 Å². The zero-order valence-corrected chi connectivity index (χ0v) is 13.9. The Bertz CT molecular complexity index is 683. The number of anilines is 1. The Labute approximate surface area is 137 Å². The molecule has 2 rings (SSSR count). The maximum atomic E-state index is 12.3. The van der Waals surface area contributed by atoms with Crippen molar-refractivity contribution in [1.29, 1.82) is 0 Å². The number of carbonyl (C=O) groups is 2. The van der Waals surface area contributed by atoms with Gasteiger partial charge in [0, 0.05) is 17.7 Å². The van der Waals surface area contributed by atoms with Gasteiger partial charge in [-0.2, -0.15) is 0 Å². The molecular formula is C16H15IN2O2. The lowest BCUT2D eigenvalue weighted by Crippen LogP contribution is -2.24. The Balaban J connectivity index is 2.30. The van der Waals surface area contributed by atoms with E-state index < -0.39 is 0 Å². The molecule has 0 radical (unpaired) electrons. The molecule has 0 aliphatic carbocycles. The molecule has 0 aliphatic rings. The van der Waals surface area contributed by atoms with Crippen LogP contribution in [0, 0.1) is 3.57 Å². The molecule has 108 valence electrons. The van der Waals surface area contributed by atoms with Crippen LogP contribution in [0.15, 0.2) is 48.5 Å². The van der Waals surface area contributed by atoms with Crippen molar-refractivity contribution in [2.75, 3.05) is 19.4 Å². The number of rotatable bonds is 3. The van der Waals surface area contributed by atoms with Gasteiger partial charge in [-0.05, 0) is 46.9 Å². The molecule has 1 N–H and O–H groups in total. The highest BCUT2D eigenvalue weighted by Crippen LogP contribution is 2.19. The number of benzene rings is 2. The van der Waals surface area contributed by atoms with E-state index in [0.29, 0.717) is 16.8 Å². The molecule has 0 atom stereocenters. The van der Waals surface area contributed by atoms with Gasteiger partial charge in [0.25, 0.3) is 11.8 Å². The van der Waals surface area contributed by atoms with Gasteiger partial charge in [0.1, 0.15) is 0 Å². The molecule has 0 saturated carbocycles. The van der Waals surface area contributed by atoms with Crippen LogP contribution in [-0.4, -0.2) is 30.8 Å². The van der Waals surface area contributed by atoms with Gasteiger partial charge in [0.15, 0.2) is 0 Å². The van der Waals surface area contributed by atoms with Crippen molar-refractivity contribution < 1.29 is 9.59 Å². The number of nitrogens with one attached hydrogen (secondary N) is 1. The van der Waals surface area contributed by atoms with Crippen LogP contribution in [0.3, 0.4) is 0 Å². The van der Waals surface area contributed by atoms with E-state index in [0.717, 1.165) is 3.57 Å². The molecule has 0 saturated heterocycles. The summed E-state index contributed by atoms with van der Waals surface area (Å²) in [6.07, 6.45) is 0. The number of nitrogens with zero attached hydrogens (tertiary/aromatic N) is 1. The van der Waals surface area contributed by atoms with E-state index in [1.54, 1.807) is 44.4 Å². The molecule has 0 fully saturated rings. The minimum Gasteiger partial charge on any atom is -0.345 e. The predicted molar refractivity (Wildman–Crippen MR) is 91.6 cm³/mol. The Morgan fingerprint density at radius 1 is 0.952 bits per heavy atom. The molecule has 2 aromatic rings. The fraction of sp³-hybridized carbons (Fsp3) is 0.125. The van der Waals surface area contributed by atoms with E-state index in [2.05, 4.69) is 27.9 Å². The minimum atomic E-state index is -0.223. The van der Waals surface area contributed by atoms with Crippen LogP contribution in [0.5, 0.6) is 0 Å². The lowest BCUT2D eigenvalue weighted by Gasteiger charge is -2.15. The van der Waals surface area contributed by atoms with Crippen LogP contribution >= 0.6 is 22.6 Å². The molecule has 0 aromatic heterocycles. The van der Waals surface area contributed by atoms with Crippen LogP contribution in [-0.2, 0) is 0 Å². The Hall–Kier alpha value is -1.89. The monoisotopic (exact) mass is 394 g/mol. The fourth-order valence-corrected chi connectivity index (χ4v) is 2.49. The van der Waals surface area contributed by atoms with Crippen LogP contribution < -0.4 is 5.32 Å². The van der Waals surface area contributed by atoms with E-state index in [1.165, 1.54) is 4.90 Å². The molecule has 0 unspecified atom stereocenters. The number of hydrogen-bond acceptors (Lipinski definition) is 2. The SMILES string of the molecule is CN(C)C(=O)c1ccccc1NC(=O)c1ccccc1I. The van der Waals surface area contributed by atoms with Crippen molar-refractivity contribution in [3.05, 3.63) is 63.2 Å². The van der Waals surface area contributed by atoms with Gasteiger partial charge < -0.3 is 10.2 Å². The molecule has 2 aromatic carbocycles. The van der Waals surface area contributed by atoms with Gasteiger partial charge in [-0.1, -0.05) is 24.3 Å². The molecule has 4 nitrogen and oxygen atoms in total. The van der Waals surface area contributed by atoms with Gasteiger partial charge in [-0.25, -0.2) is 0 Å². The molecule has 5 heteroatoms. The summed E-state index contributed by atoms with van der Waals surface area (Å²) in [5.41, 5.74) is 1.58. The summed E-state index contributed by atoms with van der Waals surface area (Å²) in [5, 5.41) is 2.81. The van der Waals surface area contributed by atoms with Crippen molar-refractivity contribution in [1.82, 2.24) is 4.90 Å². The van der Waals surface area contributed by atoms with Crippen molar-refractivity contribution in [2.45, 2.75) is 0 Å². The average molecular weight is 394 g/mol. The van der Waals surface area contributed by atoms with Gasteiger partial charge in [-0.3, -0.25) is 9.59 Å². The number of hydrogen-bond donors (Lipinski definition) is 1. The Morgan fingerprint density at radius 2 is 1.52 bits per heavy atom. The number of halogens is 1. The van der Waals surface area contributed by atoms with Gasteiger partial charge in [0.2, 0.25) is 0 Å². The van der Waals surface area contributed by atoms with Crippen LogP contribution in [0.25, 0.3) is 0 Å². The maximum Gasteiger partial charge on any atom is 0.256 e. The lowest BCUT2D eigenvalue weighted by molar-refractivity contribution is 0.0828. The number of amides is 2. The summed E-state index contributed by atoms with van der Waals surface area (Å²) in [6, 6.07) is 14.3. The molecule has 0 bridgehead atoms. The zero-order chi connectivity index (χ0) is 15.4. The summed E-state index contributed by atoms with van der Waals surface area (Å²) in [7, 11) is 3.36. The van der Waals surface area contributed by atoms with Gasteiger partial charge >= 0.3 is 0 Å². The standard InChI is InChI=1S/C16H15IN2O2/c1-19(2)16(21)12-8-4-6-10-14(12)18-15(20)11-7-3-5-9-13(11)17/h3-10H,1-2H3,(H,18,20). The van der Waals surface area contributed by atoms with Gasteiger partial charge in [-0.15, -0.1) is 0 Å². The van der Waals surface area contributed by atoms with E-state index in [4.69, 9.17) is 0 Å². The molecule has 0 spiro atoms. The number of para-hydroxylation sites is 1. The molecular weight excluding hydrogens is 379 g/mol. The third kappa shape index (κ3) is 3.60. The summed E-state index contributed by atoms with van der Waals surface area (Å²) in [4.78, 5) is 25.9. The van der Waals surface area contributed by atoms with E-state index in [1.807, 2.05) is 18.2 Å². The molecule has 0 heterocycles. The largest absolute Gasteiger partial charge is 0.345 e.